The number of hydrogen-bond acceptors (Lipinski definition) is 5. The van der Waals surface area contributed by atoms with Crippen LogP contribution in [-0.2, 0) is 4.74 Å². The molecule has 3 heterocycles. The highest BCUT2D eigenvalue weighted by Gasteiger charge is 2.39. The van der Waals surface area contributed by atoms with Crippen LogP contribution >= 0.6 is 0 Å². The Hall–Kier alpha value is -1.53. The number of nitrogens with zero attached hydrogens (tertiary/aromatic N) is 4. The summed E-state index contributed by atoms with van der Waals surface area (Å²) < 4.78 is 5.49. The largest absolute Gasteiger partial charge is 0.379 e. The highest BCUT2D eigenvalue weighted by molar-refractivity contribution is 5.95. The molecule has 0 aliphatic carbocycles. The first-order valence-electron chi connectivity index (χ1n) is 9.45. The maximum atomic E-state index is 13.2. The van der Waals surface area contributed by atoms with Crippen LogP contribution in [-0.4, -0.2) is 71.1 Å². The number of hydrogen-bond donors (Lipinski definition) is 0. The number of likely N-dealkylation sites (tertiary alicyclic amines) is 1. The quantitative estimate of drug-likeness (QED) is 0.835. The molecule has 2 fully saturated rings. The van der Waals surface area contributed by atoms with E-state index in [4.69, 9.17) is 4.74 Å². The van der Waals surface area contributed by atoms with E-state index in [9.17, 15) is 4.79 Å². The smallest absolute Gasteiger partial charge is 0.257 e. The van der Waals surface area contributed by atoms with Gasteiger partial charge in [-0.2, -0.15) is 0 Å². The van der Waals surface area contributed by atoms with Crippen molar-refractivity contribution < 1.29 is 9.53 Å². The predicted octanol–water partition coefficient (Wildman–Crippen LogP) is 2.09. The first-order valence-corrected chi connectivity index (χ1v) is 9.45. The summed E-state index contributed by atoms with van der Waals surface area (Å²) in [5.74, 6) is 1.54. The number of carbonyl (C=O) groups is 1. The molecule has 0 spiro atoms. The summed E-state index contributed by atoms with van der Waals surface area (Å²) in [7, 11) is 0. The van der Waals surface area contributed by atoms with Crippen LogP contribution in [0.25, 0.3) is 0 Å². The van der Waals surface area contributed by atoms with Gasteiger partial charge in [0.25, 0.3) is 5.91 Å². The minimum absolute atomic E-state index is 0.0814. The van der Waals surface area contributed by atoms with Crippen LogP contribution in [0.15, 0.2) is 6.20 Å². The minimum atomic E-state index is 0.0814. The predicted molar refractivity (Wildman–Crippen MR) is 96.7 cm³/mol. The molecule has 0 N–H and O–H groups in total. The fourth-order valence-electron chi connectivity index (χ4n) is 4.01. The second kappa shape index (κ2) is 7.79. The Bertz CT molecular complexity index is 613. The molecule has 1 amide bonds. The van der Waals surface area contributed by atoms with E-state index in [0.717, 1.165) is 57.3 Å². The van der Waals surface area contributed by atoms with E-state index >= 15 is 0 Å². The molecule has 3 rings (SSSR count). The summed E-state index contributed by atoms with van der Waals surface area (Å²) >= 11 is 0. The van der Waals surface area contributed by atoms with Gasteiger partial charge in [-0.05, 0) is 18.8 Å². The normalized spacial score (nSPS) is 24.9. The van der Waals surface area contributed by atoms with Gasteiger partial charge in [0.1, 0.15) is 5.82 Å². The van der Waals surface area contributed by atoms with Gasteiger partial charge in [0, 0.05) is 38.4 Å². The Labute approximate surface area is 150 Å². The van der Waals surface area contributed by atoms with Gasteiger partial charge in [-0.3, -0.25) is 9.69 Å². The average molecular weight is 346 g/mol. The maximum Gasteiger partial charge on any atom is 0.257 e. The third-order valence-electron chi connectivity index (χ3n) is 5.45. The van der Waals surface area contributed by atoms with Gasteiger partial charge >= 0.3 is 0 Å². The van der Waals surface area contributed by atoms with Crippen molar-refractivity contribution in [3.8, 4) is 0 Å². The fourth-order valence-corrected chi connectivity index (χ4v) is 4.01. The zero-order valence-corrected chi connectivity index (χ0v) is 15.9. The molecule has 0 aromatic carbocycles. The highest BCUT2D eigenvalue weighted by atomic mass is 16.5. The van der Waals surface area contributed by atoms with Gasteiger partial charge in [-0.1, -0.05) is 27.2 Å². The van der Waals surface area contributed by atoms with E-state index in [1.54, 1.807) is 6.20 Å². The van der Waals surface area contributed by atoms with Crippen molar-refractivity contribution in [3.05, 3.63) is 23.3 Å². The van der Waals surface area contributed by atoms with Gasteiger partial charge < -0.3 is 9.64 Å². The van der Waals surface area contributed by atoms with E-state index in [1.807, 2.05) is 11.8 Å². The number of morpholine rings is 1. The van der Waals surface area contributed by atoms with E-state index in [0.29, 0.717) is 17.5 Å². The van der Waals surface area contributed by atoms with Gasteiger partial charge in [0.2, 0.25) is 0 Å². The molecule has 0 bridgehead atoms. The highest BCUT2D eigenvalue weighted by Crippen LogP contribution is 2.28. The standard InChI is InChI=1S/C19H30N4O2/c1-5-15-11-23(12-17(15)22-6-8-25-9-7-22)19(24)16-10-20-14(4)21-18(16)13(2)3/h10,13,15,17H,5-9,11-12H2,1-4H3. The van der Waals surface area contributed by atoms with E-state index < -0.39 is 0 Å². The molecule has 2 aliphatic rings. The van der Waals surface area contributed by atoms with Crippen molar-refractivity contribution in [3.63, 3.8) is 0 Å². The molecular formula is C19H30N4O2. The summed E-state index contributed by atoms with van der Waals surface area (Å²) in [5.41, 5.74) is 1.53. The SMILES string of the molecule is CCC1CN(C(=O)c2cnc(C)nc2C(C)C)CC1N1CCOCC1. The van der Waals surface area contributed by atoms with Gasteiger partial charge in [-0.15, -0.1) is 0 Å². The summed E-state index contributed by atoms with van der Waals surface area (Å²) in [6.45, 7) is 13.4. The minimum Gasteiger partial charge on any atom is -0.379 e. The first kappa shape index (κ1) is 18.3. The molecule has 6 heteroatoms. The summed E-state index contributed by atoms with van der Waals surface area (Å²) in [6, 6.07) is 0.437. The van der Waals surface area contributed by atoms with Crippen molar-refractivity contribution in [1.82, 2.24) is 19.8 Å². The van der Waals surface area contributed by atoms with Crippen LogP contribution in [0.5, 0.6) is 0 Å². The molecule has 1 aromatic rings. The Kier molecular flexibility index (Phi) is 5.69. The second-order valence-corrected chi connectivity index (χ2v) is 7.46. The Morgan fingerprint density at radius 2 is 2.04 bits per heavy atom. The monoisotopic (exact) mass is 346 g/mol. The van der Waals surface area contributed by atoms with Crippen LogP contribution in [0.1, 0.15) is 55.0 Å². The number of aryl methyl sites for hydroxylation is 1. The third-order valence-corrected chi connectivity index (χ3v) is 5.45. The molecule has 138 valence electrons. The van der Waals surface area contributed by atoms with Crippen molar-refractivity contribution in [1.29, 1.82) is 0 Å². The number of ether oxygens (including phenoxy) is 1. The molecule has 25 heavy (non-hydrogen) atoms. The van der Waals surface area contributed by atoms with Gasteiger partial charge in [-0.25, -0.2) is 9.97 Å². The van der Waals surface area contributed by atoms with Crippen LogP contribution in [0.3, 0.4) is 0 Å². The van der Waals surface area contributed by atoms with Crippen molar-refractivity contribution in [2.45, 2.75) is 46.1 Å². The van der Waals surface area contributed by atoms with Crippen LogP contribution in [0, 0.1) is 12.8 Å². The van der Waals surface area contributed by atoms with Crippen molar-refractivity contribution in [2.24, 2.45) is 5.92 Å². The van der Waals surface area contributed by atoms with Crippen molar-refractivity contribution in [2.75, 3.05) is 39.4 Å². The molecule has 2 aliphatic heterocycles. The molecular weight excluding hydrogens is 316 g/mol. The van der Waals surface area contributed by atoms with Crippen LogP contribution in [0.4, 0.5) is 0 Å². The Morgan fingerprint density at radius 3 is 2.68 bits per heavy atom. The molecule has 2 atom stereocenters. The third kappa shape index (κ3) is 3.85. The number of carbonyl (C=O) groups excluding carboxylic acids is 1. The zero-order chi connectivity index (χ0) is 18.0. The van der Waals surface area contributed by atoms with E-state index in [1.165, 1.54) is 0 Å². The lowest BCUT2D eigenvalue weighted by molar-refractivity contribution is 0.0103. The fraction of sp³-hybridized carbons (Fsp3) is 0.737. The maximum absolute atomic E-state index is 13.2. The van der Waals surface area contributed by atoms with E-state index in [2.05, 4.69) is 35.6 Å². The molecule has 0 saturated carbocycles. The number of rotatable bonds is 4. The summed E-state index contributed by atoms with van der Waals surface area (Å²) in [5, 5.41) is 0. The Balaban J connectivity index is 1.79. The Morgan fingerprint density at radius 1 is 1.32 bits per heavy atom. The number of aromatic nitrogens is 2. The van der Waals surface area contributed by atoms with Gasteiger partial charge in [0.05, 0.1) is 24.5 Å². The molecule has 6 nitrogen and oxygen atoms in total. The second-order valence-electron chi connectivity index (χ2n) is 7.46. The molecule has 0 radical (unpaired) electrons. The van der Waals surface area contributed by atoms with Gasteiger partial charge in [0.15, 0.2) is 0 Å². The number of amides is 1. The topological polar surface area (TPSA) is 58.6 Å². The summed E-state index contributed by atoms with van der Waals surface area (Å²) in [6.07, 6.45) is 2.80. The molecule has 2 saturated heterocycles. The first-order chi connectivity index (χ1) is 12.0. The van der Waals surface area contributed by atoms with Crippen LogP contribution in [0.2, 0.25) is 0 Å². The van der Waals surface area contributed by atoms with E-state index in [-0.39, 0.29) is 11.8 Å². The van der Waals surface area contributed by atoms with Crippen molar-refractivity contribution >= 4 is 5.91 Å². The lowest BCUT2D eigenvalue weighted by atomic mass is 9.99. The molecule has 2 unspecified atom stereocenters. The molecule has 1 aromatic heterocycles. The summed E-state index contributed by atoms with van der Waals surface area (Å²) in [4.78, 5) is 26.5. The zero-order valence-electron chi connectivity index (χ0n) is 15.9. The lowest BCUT2D eigenvalue weighted by Crippen LogP contribution is -2.47. The van der Waals surface area contributed by atoms with Crippen LogP contribution < -0.4 is 0 Å². The lowest BCUT2D eigenvalue weighted by Gasteiger charge is -2.34. The average Bonchev–Trinajstić information content (AvgIpc) is 3.06.